The molecule has 27 heavy (non-hydrogen) atoms. The Kier molecular flexibility index (Phi) is 6.25. The van der Waals surface area contributed by atoms with Crippen LogP contribution in [0.3, 0.4) is 0 Å². The van der Waals surface area contributed by atoms with Crippen molar-refractivity contribution in [2.75, 3.05) is 0 Å². The molecule has 3 rings (SSSR count). The number of nitrogens with zero attached hydrogens (tertiary/aromatic N) is 2. The summed E-state index contributed by atoms with van der Waals surface area (Å²) in [5.74, 6) is -2.21. The Morgan fingerprint density at radius 2 is 1.89 bits per heavy atom. The molecule has 0 unspecified atom stereocenters. The number of hydrogen-bond donors (Lipinski definition) is 2. The molecule has 140 valence electrons. The highest BCUT2D eigenvalue weighted by atomic mass is 35.5. The Labute approximate surface area is 159 Å². The fraction of sp³-hybridized carbons (Fsp3) is 0.111. The second-order valence-electron chi connectivity index (χ2n) is 5.49. The summed E-state index contributed by atoms with van der Waals surface area (Å²) in [5.41, 5.74) is 0.452. The van der Waals surface area contributed by atoms with E-state index in [9.17, 15) is 19.1 Å². The number of benzene rings is 1. The van der Waals surface area contributed by atoms with Crippen molar-refractivity contribution in [2.24, 2.45) is 0 Å². The highest BCUT2D eigenvalue weighted by Gasteiger charge is 2.28. The fourth-order valence-corrected chi connectivity index (χ4v) is 2.44. The van der Waals surface area contributed by atoms with Gasteiger partial charge < -0.3 is 14.9 Å². The quantitative estimate of drug-likeness (QED) is 0.689. The van der Waals surface area contributed by atoms with Crippen LogP contribution < -0.4 is 5.32 Å². The Morgan fingerprint density at radius 3 is 2.48 bits per heavy atom. The van der Waals surface area contributed by atoms with Crippen molar-refractivity contribution in [3.8, 4) is 11.3 Å². The van der Waals surface area contributed by atoms with Crippen molar-refractivity contribution in [1.29, 1.82) is 0 Å². The molecule has 0 saturated heterocycles. The van der Waals surface area contributed by atoms with Crippen molar-refractivity contribution in [2.45, 2.75) is 13.0 Å². The maximum absolute atomic E-state index is 13.1. The number of carboxylic acid groups (broad SMARTS) is 1. The molecule has 0 fully saturated rings. The molecule has 3 aromatic rings. The van der Waals surface area contributed by atoms with Gasteiger partial charge in [0, 0.05) is 11.8 Å². The molecule has 0 bridgehead atoms. The molecule has 0 aliphatic carbocycles. The maximum Gasteiger partial charge on any atom is 0.341 e. The zero-order chi connectivity index (χ0) is 18.7. The molecule has 1 amide bonds. The van der Waals surface area contributed by atoms with Gasteiger partial charge in [-0.1, -0.05) is 11.2 Å². The SMILES string of the molecule is C[C@@H](NC(=O)c1ccccn1)c1onc(-c2ccc(F)cc2)c1C(=O)O.Cl. The van der Waals surface area contributed by atoms with Gasteiger partial charge in [0.15, 0.2) is 5.76 Å². The summed E-state index contributed by atoms with van der Waals surface area (Å²) in [6.45, 7) is 1.57. The minimum Gasteiger partial charge on any atom is -0.477 e. The molecule has 2 heterocycles. The minimum atomic E-state index is -1.26. The van der Waals surface area contributed by atoms with E-state index in [4.69, 9.17) is 4.52 Å². The summed E-state index contributed by atoms with van der Waals surface area (Å²) in [5, 5.41) is 16.0. The molecular weight excluding hydrogens is 377 g/mol. The molecule has 2 N–H and O–H groups in total. The van der Waals surface area contributed by atoms with Crippen LogP contribution in [-0.2, 0) is 0 Å². The Balaban J connectivity index is 0.00000261. The van der Waals surface area contributed by atoms with Crippen LogP contribution in [0.2, 0.25) is 0 Å². The second kappa shape index (κ2) is 8.41. The first-order valence-electron chi connectivity index (χ1n) is 7.68. The summed E-state index contributed by atoms with van der Waals surface area (Å²) in [6, 6.07) is 9.30. The van der Waals surface area contributed by atoms with Crippen molar-refractivity contribution < 1.29 is 23.6 Å². The molecule has 2 aromatic heterocycles. The molecule has 0 spiro atoms. The molecule has 0 radical (unpaired) electrons. The van der Waals surface area contributed by atoms with Gasteiger partial charge in [-0.3, -0.25) is 9.78 Å². The van der Waals surface area contributed by atoms with E-state index in [-0.39, 0.29) is 35.1 Å². The van der Waals surface area contributed by atoms with Crippen LogP contribution in [0.15, 0.2) is 53.2 Å². The van der Waals surface area contributed by atoms with Gasteiger partial charge in [0.25, 0.3) is 5.91 Å². The lowest BCUT2D eigenvalue weighted by atomic mass is 10.0. The Morgan fingerprint density at radius 1 is 1.19 bits per heavy atom. The lowest BCUT2D eigenvalue weighted by Crippen LogP contribution is -2.28. The van der Waals surface area contributed by atoms with E-state index in [0.717, 1.165) is 0 Å². The van der Waals surface area contributed by atoms with Gasteiger partial charge in [-0.2, -0.15) is 0 Å². The summed E-state index contributed by atoms with van der Waals surface area (Å²) < 4.78 is 18.3. The lowest BCUT2D eigenvalue weighted by Gasteiger charge is -2.11. The predicted molar refractivity (Wildman–Crippen MR) is 96.2 cm³/mol. The molecule has 1 atom stereocenters. The van der Waals surface area contributed by atoms with Crippen LogP contribution >= 0.6 is 12.4 Å². The normalized spacial score (nSPS) is 11.3. The van der Waals surface area contributed by atoms with E-state index in [1.54, 1.807) is 19.1 Å². The zero-order valence-electron chi connectivity index (χ0n) is 14.0. The first-order chi connectivity index (χ1) is 12.5. The average Bonchev–Trinajstić information content (AvgIpc) is 3.08. The van der Waals surface area contributed by atoms with E-state index in [1.165, 1.54) is 36.5 Å². The lowest BCUT2D eigenvalue weighted by molar-refractivity contribution is 0.0692. The number of amides is 1. The van der Waals surface area contributed by atoms with Crippen molar-refractivity contribution in [3.05, 3.63) is 71.5 Å². The van der Waals surface area contributed by atoms with Gasteiger partial charge in [0.1, 0.15) is 22.8 Å². The third kappa shape index (κ3) is 4.29. The molecule has 7 nitrogen and oxygen atoms in total. The topological polar surface area (TPSA) is 105 Å². The summed E-state index contributed by atoms with van der Waals surface area (Å²) >= 11 is 0. The summed E-state index contributed by atoms with van der Waals surface area (Å²) in [4.78, 5) is 27.8. The number of carboxylic acids is 1. The van der Waals surface area contributed by atoms with Crippen LogP contribution in [0.25, 0.3) is 11.3 Å². The van der Waals surface area contributed by atoms with Crippen molar-refractivity contribution in [1.82, 2.24) is 15.5 Å². The number of pyridine rings is 1. The van der Waals surface area contributed by atoms with Crippen LogP contribution in [-0.4, -0.2) is 27.1 Å². The monoisotopic (exact) mass is 391 g/mol. The van der Waals surface area contributed by atoms with E-state index < -0.39 is 23.7 Å². The number of aromatic carboxylic acids is 1. The van der Waals surface area contributed by atoms with Gasteiger partial charge in [0.2, 0.25) is 0 Å². The number of nitrogens with one attached hydrogen (secondary N) is 1. The maximum atomic E-state index is 13.1. The van der Waals surface area contributed by atoms with E-state index in [0.29, 0.717) is 5.56 Å². The van der Waals surface area contributed by atoms with Gasteiger partial charge >= 0.3 is 5.97 Å². The number of carbonyl (C=O) groups is 2. The van der Waals surface area contributed by atoms with Crippen LogP contribution in [0.4, 0.5) is 4.39 Å². The molecule has 0 aliphatic heterocycles. The number of halogens is 2. The minimum absolute atomic E-state index is 0. The van der Waals surface area contributed by atoms with Crippen molar-refractivity contribution in [3.63, 3.8) is 0 Å². The number of aromatic nitrogens is 2. The van der Waals surface area contributed by atoms with Gasteiger partial charge in [-0.15, -0.1) is 12.4 Å². The van der Waals surface area contributed by atoms with Gasteiger partial charge in [0.05, 0.1) is 6.04 Å². The van der Waals surface area contributed by atoms with Gasteiger partial charge in [-0.05, 0) is 43.3 Å². The highest BCUT2D eigenvalue weighted by Crippen LogP contribution is 2.29. The molecular formula is C18H15ClFN3O4. The molecule has 1 aromatic carbocycles. The van der Waals surface area contributed by atoms with E-state index in [2.05, 4.69) is 15.5 Å². The third-order valence-corrected chi connectivity index (χ3v) is 3.69. The zero-order valence-corrected chi connectivity index (χ0v) is 14.9. The molecule has 0 aliphatic rings. The molecule has 0 saturated carbocycles. The average molecular weight is 392 g/mol. The summed E-state index contributed by atoms with van der Waals surface area (Å²) in [7, 11) is 0. The van der Waals surface area contributed by atoms with Crippen molar-refractivity contribution >= 4 is 24.3 Å². The van der Waals surface area contributed by atoms with Crippen LogP contribution in [0.5, 0.6) is 0 Å². The predicted octanol–water partition coefficient (Wildman–Crippen LogP) is 3.49. The highest BCUT2D eigenvalue weighted by molar-refractivity contribution is 5.96. The fourth-order valence-electron chi connectivity index (χ4n) is 2.44. The van der Waals surface area contributed by atoms with E-state index >= 15 is 0 Å². The number of rotatable bonds is 5. The first-order valence-corrected chi connectivity index (χ1v) is 7.68. The van der Waals surface area contributed by atoms with Gasteiger partial charge in [-0.25, -0.2) is 9.18 Å². The number of carbonyl (C=O) groups excluding carboxylic acids is 1. The third-order valence-electron chi connectivity index (χ3n) is 3.69. The van der Waals surface area contributed by atoms with E-state index in [1.807, 2.05) is 0 Å². The standard InChI is InChI=1S/C18H14FN3O4.ClH/c1-10(21-17(23)13-4-2-3-9-20-13)16-14(18(24)25)15(22-26-16)11-5-7-12(19)8-6-11;/h2-10H,1H3,(H,21,23)(H,24,25);1H/t10-;/m1./s1. The first kappa shape index (κ1) is 20.1. The second-order valence-corrected chi connectivity index (χ2v) is 5.49. The Bertz CT molecular complexity index is 945. The largest absolute Gasteiger partial charge is 0.477 e. The summed E-state index contributed by atoms with van der Waals surface area (Å²) in [6.07, 6.45) is 1.48. The Hall–Kier alpha value is -3.26. The molecule has 9 heteroatoms. The van der Waals surface area contributed by atoms with Crippen LogP contribution in [0.1, 0.15) is 39.6 Å². The number of hydrogen-bond acceptors (Lipinski definition) is 5. The van der Waals surface area contributed by atoms with Crippen LogP contribution in [0, 0.1) is 5.82 Å². The smallest absolute Gasteiger partial charge is 0.341 e.